The second-order valence-electron chi connectivity index (χ2n) is 19.9. The molecule has 0 heterocycles. The summed E-state index contributed by atoms with van der Waals surface area (Å²) >= 11 is 0. The van der Waals surface area contributed by atoms with Gasteiger partial charge in [0.25, 0.3) is 0 Å². The molecule has 1 fully saturated rings. The Morgan fingerprint density at radius 2 is 0.769 bits per heavy atom. The lowest BCUT2D eigenvalue weighted by molar-refractivity contribution is 0.187. The monoisotopic (exact) mass is 702 g/mol. The van der Waals surface area contributed by atoms with Crippen LogP contribution in [0, 0.1) is 5.92 Å². The highest BCUT2D eigenvalue weighted by Crippen LogP contribution is 2.43. The first-order valence-corrected chi connectivity index (χ1v) is 19.8. The minimum atomic E-state index is -0.160. The van der Waals surface area contributed by atoms with Crippen molar-refractivity contribution in [1.82, 2.24) is 4.90 Å². The molecule has 0 aromatic heterocycles. The molecular formula is C49H67NO2. The second-order valence-corrected chi connectivity index (χ2v) is 19.9. The topological polar surface area (TPSA) is 43.7 Å². The zero-order chi connectivity index (χ0) is 38.2. The predicted octanol–water partition coefficient (Wildman–Crippen LogP) is 13.2. The van der Waals surface area contributed by atoms with Crippen LogP contribution in [-0.4, -0.2) is 21.7 Å². The lowest BCUT2D eigenvalue weighted by Gasteiger charge is -2.30. The Morgan fingerprint density at radius 1 is 0.462 bits per heavy atom. The van der Waals surface area contributed by atoms with Crippen LogP contribution >= 0.6 is 0 Å². The molecule has 4 aromatic carbocycles. The van der Waals surface area contributed by atoms with Crippen LogP contribution in [0.3, 0.4) is 0 Å². The molecule has 1 aliphatic carbocycles. The van der Waals surface area contributed by atoms with E-state index in [0.29, 0.717) is 11.5 Å². The molecule has 0 atom stereocenters. The van der Waals surface area contributed by atoms with E-state index in [1.807, 2.05) is 0 Å². The van der Waals surface area contributed by atoms with Crippen LogP contribution in [0.5, 0.6) is 11.5 Å². The van der Waals surface area contributed by atoms with Crippen LogP contribution < -0.4 is 0 Å². The van der Waals surface area contributed by atoms with Gasteiger partial charge in [0.05, 0.1) is 0 Å². The first-order chi connectivity index (χ1) is 24.1. The van der Waals surface area contributed by atoms with Gasteiger partial charge in [-0.25, -0.2) is 0 Å². The van der Waals surface area contributed by atoms with Crippen molar-refractivity contribution in [3.63, 3.8) is 0 Å². The SMILES string of the molecule is CC(C)(C)c1cc(-c2ccc(CN(Cc3ccc(-c4cc(C(C)(C)C)c(O)c(C(C)(C)C)c4)cc3)CC3CCCCC3)cc2)cc(C(C)(C)C)c1O. The van der Waals surface area contributed by atoms with Crippen molar-refractivity contribution in [2.75, 3.05) is 6.54 Å². The summed E-state index contributed by atoms with van der Waals surface area (Å²) in [5, 5.41) is 22.6. The van der Waals surface area contributed by atoms with Crippen LogP contribution in [0.25, 0.3) is 22.3 Å². The number of nitrogens with zero attached hydrogens (tertiary/aromatic N) is 1. The quantitative estimate of drug-likeness (QED) is 0.192. The molecule has 5 rings (SSSR count). The van der Waals surface area contributed by atoms with Crippen molar-refractivity contribution < 1.29 is 10.2 Å². The first-order valence-electron chi connectivity index (χ1n) is 19.8. The maximum absolute atomic E-state index is 11.3. The van der Waals surface area contributed by atoms with E-state index in [9.17, 15) is 10.2 Å². The van der Waals surface area contributed by atoms with Gasteiger partial charge < -0.3 is 10.2 Å². The number of hydrogen-bond donors (Lipinski definition) is 2. The lowest BCUT2D eigenvalue weighted by atomic mass is 9.77. The molecule has 3 heteroatoms. The fourth-order valence-electron chi connectivity index (χ4n) is 7.93. The normalized spacial score (nSPS) is 15.0. The number of aromatic hydroxyl groups is 2. The standard InChI is InChI=1S/C49H67NO2/c1-46(2,3)40-26-38(27-41(44(40)51)47(4,5)6)36-22-18-34(19-23-36)31-50(30-33-16-14-13-15-17-33)32-35-20-24-37(25-21-35)39-28-42(48(7,8)9)45(52)43(29-39)49(10,11)12/h18-29,33,51-52H,13-17,30-32H2,1-12H3. The van der Waals surface area contributed by atoms with E-state index in [2.05, 4.69) is 161 Å². The van der Waals surface area contributed by atoms with Gasteiger partial charge >= 0.3 is 0 Å². The van der Waals surface area contributed by atoms with E-state index >= 15 is 0 Å². The molecular weight excluding hydrogens is 635 g/mol. The smallest absolute Gasteiger partial charge is 0.123 e. The average Bonchev–Trinajstić information content (AvgIpc) is 3.04. The van der Waals surface area contributed by atoms with Crippen LogP contribution in [0.1, 0.15) is 149 Å². The maximum Gasteiger partial charge on any atom is 0.123 e. The van der Waals surface area contributed by atoms with Crippen LogP contribution in [0.4, 0.5) is 0 Å². The predicted molar refractivity (Wildman–Crippen MR) is 223 cm³/mol. The summed E-state index contributed by atoms with van der Waals surface area (Å²) < 4.78 is 0. The lowest BCUT2D eigenvalue weighted by Crippen LogP contribution is -2.30. The van der Waals surface area contributed by atoms with Crippen LogP contribution in [0.15, 0.2) is 72.8 Å². The van der Waals surface area contributed by atoms with Crippen molar-refractivity contribution in [1.29, 1.82) is 0 Å². The molecule has 0 amide bonds. The number of phenolic OH excluding ortho intramolecular Hbond substituents is 2. The van der Waals surface area contributed by atoms with E-state index in [1.54, 1.807) is 0 Å². The number of phenols is 2. The third-order valence-electron chi connectivity index (χ3n) is 11.1. The highest BCUT2D eigenvalue weighted by Gasteiger charge is 2.28. The van der Waals surface area contributed by atoms with Gasteiger partial charge in [0.1, 0.15) is 11.5 Å². The first kappa shape index (κ1) is 39.6. The van der Waals surface area contributed by atoms with Gasteiger partial charge in [0.2, 0.25) is 0 Å². The molecule has 0 aliphatic heterocycles. The summed E-state index contributed by atoms with van der Waals surface area (Å²) in [5.74, 6) is 1.61. The fraction of sp³-hybridized carbons (Fsp3) is 0.510. The Hall–Kier alpha value is -3.56. The number of rotatable bonds is 8. The molecule has 0 unspecified atom stereocenters. The highest BCUT2D eigenvalue weighted by molar-refractivity contribution is 5.70. The van der Waals surface area contributed by atoms with Crippen molar-refractivity contribution in [3.8, 4) is 33.8 Å². The van der Waals surface area contributed by atoms with E-state index in [-0.39, 0.29) is 21.7 Å². The van der Waals surface area contributed by atoms with Crippen molar-refractivity contribution >= 4 is 0 Å². The highest BCUT2D eigenvalue weighted by atomic mass is 16.3. The molecule has 0 radical (unpaired) electrons. The Bertz CT molecular complexity index is 1620. The molecule has 3 nitrogen and oxygen atoms in total. The van der Waals surface area contributed by atoms with Gasteiger partial charge in [-0.15, -0.1) is 0 Å². The van der Waals surface area contributed by atoms with E-state index < -0.39 is 0 Å². The average molecular weight is 702 g/mol. The van der Waals surface area contributed by atoms with Crippen molar-refractivity contribution in [2.45, 2.75) is 150 Å². The third-order valence-corrected chi connectivity index (χ3v) is 11.1. The van der Waals surface area contributed by atoms with Gasteiger partial charge in [0.15, 0.2) is 0 Å². The maximum atomic E-state index is 11.3. The Kier molecular flexibility index (Phi) is 11.5. The van der Waals surface area contributed by atoms with E-state index in [4.69, 9.17) is 0 Å². The van der Waals surface area contributed by atoms with Gasteiger partial charge in [-0.2, -0.15) is 0 Å². The Labute approximate surface area is 316 Å². The van der Waals surface area contributed by atoms with Crippen molar-refractivity contribution in [3.05, 3.63) is 106 Å². The summed E-state index contributed by atoms with van der Waals surface area (Å²) in [6, 6.07) is 27.0. The zero-order valence-electron chi connectivity index (χ0n) is 34.5. The fourth-order valence-corrected chi connectivity index (χ4v) is 7.93. The third kappa shape index (κ3) is 9.51. The van der Waals surface area contributed by atoms with Crippen LogP contribution in [-0.2, 0) is 34.7 Å². The zero-order valence-corrected chi connectivity index (χ0v) is 34.5. The van der Waals surface area contributed by atoms with Gasteiger partial charge in [-0.1, -0.05) is 151 Å². The summed E-state index contributed by atoms with van der Waals surface area (Å²) in [4.78, 5) is 2.66. The van der Waals surface area contributed by atoms with Crippen molar-refractivity contribution in [2.24, 2.45) is 5.92 Å². The molecule has 280 valence electrons. The van der Waals surface area contributed by atoms with Gasteiger partial charge in [0, 0.05) is 41.9 Å². The summed E-state index contributed by atoms with van der Waals surface area (Å²) in [5.41, 5.74) is 10.7. The van der Waals surface area contributed by atoms with E-state index in [1.165, 1.54) is 54.4 Å². The Morgan fingerprint density at radius 3 is 1.06 bits per heavy atom. The molecule has 2 N–H and O–H groups in total. The largest absolute Gasteiger partial charge is 0.507 e. The molecule has 0 bridgehead atoms. The number of hydrogen-bond acceptors (Lipinski definition) is 3. The molecule has 52 heavy (non-hydrogen) atoms. The van der Waals surface area contributed by atoms with Crippen LogP contribution in [0.2, 0.25) is 0 Å². The van der Waals surface area contributed by atoms with Gasteiger partial charge in [-0.3, -0.25) is 4.90 Å². The summed E-state index contributed by atoms with van der Waals surface area (Å²) in [6.07, 6.45) is 6.72. The molecule has 4 aromatic rings. The molecule has 1 saturated carbocycles. The Balaban J connectivity index is 1.41. The molecule has 0 spiro atoms. The molecule has 1 aliphatic rings. The van der Waals surface area contributed by atoms with E-state index in [0.717, 1.165) is 58.9 Å². The summed E-state index contributed by atoms with van der Waals surface area (Å²) in [6.45, 7) is 29.0. The minimum absolute atomic E-state index is 0.160. The molecule has 0 saturated heterocycles. The summed E-state index contributed by atoms with van der Waals surface area (Å²) in [7, 11) is 0. The second kappa shape index (κ2) is 15.1. The van der Waals surface area contributed by atoms with Gasteiger partial charge in [-0.05, 0) is 98.1 Å². The number of benzene rings is 4. The minimum Gasteiger partial charge on any atom is -0.507 e.